The second kappa shape index (κ2) is 8.65. The molecule has 0 saturated carbocycles. The van der Waals surface area contributed by atoms with Gasteiger partial charge in [-0.15, -0.1) is 6.42 Å². The summed E-state index contributed by atoms with van der Waals surface area (Å²) in [6.07, 6.45) is 5.47. The highest BCUT2D eigenvalue weighted by molar-refractivity contribution is 7.91. The first-order chi connectivity index (χ1) is 14.3. The summed E-state index contributed by atoms with van der Waals surface area (Å²) in [5.41, 5.74) is 1.37. The van der Waals surface area contributed by atoms with Gasteiger partial charge in [0, 0.05) is 5.56 Å². The molecule has 0 spiro atoms. The first kappa shape index (κ1) is 21.5. The van der Waals surface area contributed by atoms with E-state index in [1.54, 1.807) is 29.7 Å². The molecular weight excluding hydrogens is 424 g/mol. The van der Waals surface area contributed by atoms with Gasteiger partial charge in [0.05, 0.1) is 40.1 Å². The van der Waals surface area contributed by atoms with Crippen molar-refractivity contribution in [2.24, 2.45) is 4.99 Å². The molecule has 1 heterocycles. The maximum absolute atomic E-state index is 12.7. The molecule has 0 aliphatic rings. The van der Waals surface area contributed by atoms with Gasteiger partial charge in [0.1, 0.15) is 0 Å². The minimum atomic E-state index is -3.35. The maximum Gasteiger partial charge on any atom is 0.337 e. The number of terminal acetylenes is 1. The molecule has 0 radical (unpaired) electrons. The molecule has 7 nitrogen and oxygen atoms in total. The Morgan fingerprint density at radius 1 is 1.17 bits per heavy atom. The number of amides is 1. The van der Waals surface area contributed by atoms with E-state index < -0.39 is 21.7 Å². The fourth-order valence-corrected chi connectivity index (χ4v) is 4.72. The molecule has 0 unspecified atom stereocenters. The molecule has 1 aromatic heterocycles. The summed E-state index contributed by atoms with van der Waals surface area (Å²) in [5, 5.41) is 0. The predicted octanol–water partition coefficient (Wildman–Crippen LogP) is 2.66. The number of nitrogens with zero attached hydrogens (tertiary/aromatic N) is 2. The predicted molar refractivity (Wildman–Crippen MR) is 114 cm³/mol. The lowest BCUT2D eigenvalue weighted by Crippen LogP contribution is -2.16. The molecule has 0 N–H and O–H groups in total. The first-order valence-corrected chi connectivity index (χ1v) is 11.3. The number of hydrogen-bond donors (Lipinski definition) is 0. The number of ether oxygens (including phenoxy) is 1. The van der Waals surface area contributed by atoms with E-state index >= 15 is 0 Å². The number of benzene rings is 2. The molecule has 0 aliphatic heterocycles. The van der Waals surface area contributed by atoms with Crippen molar-refractivity contribution in [3.05, 3.63) is 58.4 Å². The molecule has 0 bridgehead atoms. The van der Waals surface area contributed by atoms with E-state index in [4.69, 9.17) is 11.2 Å². The summed E-state index contributed by atoms with van der Waals surface area (Å²) >= 11 is 1.22. The van der Waals surface area contributed by atoms with Crippen molar-refractivity contribution in [1.82, 2.24) is 4.57 Å². The van der Waals surface area contributed by atoms with Gasteiger partial charge in [0.2, 0.25) is 0 Å². The minimum absolute atomic E-state index is 0.0217. The van der Waals surface area contributed by atoms with Gasteiger partial charge in [-0.2, -0.15) is 4.99 Å². The van der Waals surface area contributed by atoms with Gasteiger partial charge in [-0.3, -0.25) is 4.79 Å². The number of aromatic nitrogens is 1. The quantitative estimate of drug-likeness (QED) is 0.447. The number of fused-ring (bicyclic) bond motifs is 1. The van der Waals surface area contributed by atoms with E-state index in [-0.39, 0.29) is 22.8 Å². The summed E-state index contributed by atoms with van der Waals surface area (Å²) in [4.78, 5) is 29.1. The van der Waals surface area contributed by atoms with Crippen LogP contribution in [0.1, 0.15) is 27.6 Å². The Hall–Kier alpha value is -3.22. The molecule has 0 aliphatic carbocycles. The number of rotatable bonds is 5. The second-order valence-corrected chi connectivity index (χ2v) is 9.48. The summed E-state index contributed by atoms with van der Waals surface area (Å²) in [6, 6.07) is 10.7. The van der Waals surface area contributed by atoms with Crippen molar-refractivity contribution in [3.63, 3.8) is 0 Å². The zero-order valence-electron chi connectivity index (χ0n) is 16.3. The Balaban J connectivity index is 2.06. The topological polar surface area (TPSA) is 94.8 Å². The highest BCUT2D eigenvalue weighted by Crippen LogP contribution is 2.20. The maximum atomic E-state index is 12.7. The SMILES string of the molecule is C#CCn1c(=NC(=O)c2ccc(S(=O)(=O)CC)cc2)sc2cc(C(=O)OC)ccc21. The lowest BCUT2D eigenvalue weighted by Gasteiger charge is -2.02. The summed E-state index contributed by atoms with van der Waals surface area (Å²) in [5.74, 6) is 1.52. The van der Waals surface area contributed by atoms with E-state index in [1.165, 1.54) is 42.7 Å². The van der Waals surface area contributed by atoms with Crippen LogP contribution in [0.2, 0.25) is 0 Å². The van der Waals surface area contributed by atoms with Crippen LogP contribution in [0.5, 0.6) is 0 Å². The zero-order valence-corrected chi connectivity index (χ0v) is 17.9. The van der Waals surface area contributed by atoms with Crippen LogP contribution >= 0.6 is 11.3 Å². The van der Waals surface area contributed by atoms with E-state index in [9.17, 15) is 18.0 Å². The van der Waals surface area contributed by atoms with Crippen LogP contribution in [-0.2, 0) is 21.1 Å². The van der Waals surface area contributed by atoms with Crippen LogP contribution in [0, 0.1) is 12.3 Å². The standard InChI is InChI=1S/C21H18N2O5S2/c1-4-12-23-17-11-8-15(20(25)28-3)13-18(17)29-21(23)22-19(24)14-6-9-16(10-7-14)30(26,27)5-2/h1,6-11,13H,5,12H2,2-3H3. The molecule has 0 atom stereocenters. The van der Waals surface area contributed by atoms with Gasteiger partial charge >= 0.3 is 5.97 Å². The number of thiazole rings is 1. The smallest absolute Gasteiger partial charge is 0.337 e. The molecule has 9 heteroatoms. The first-order valence-electron chi connectivity index (χ1n) is 8.87. The Bertz CT molecular complexity index is 1340. The fourth-order valence-electron chi connectivity index (χ4n) is 2.77. The van der Waals surface area contributed by atoms with E-state index in [2.05, 4.69) is 10.9 Å². The third-order valence-electron chi connectivity index (χ3n) is 4.39. The van der Waals surface area contributed by atoms with Gasteiger partial charge in [0.15, 0.2) is 14.6 Å². The van der Waals surface area contributed by atoms with Gasteiger partial charge < -0.3 is 9.30 Å². The highest BCUT2D eigenvalue weighted by Gasteiger charge is 2.14. The number of carbonyl (C=O) groups is 2. The van der Waals surface area contributed by atoms with Crippen molar-refractivity contribution in [3.8, 4) is 12.3 Å². The minimum Gasteiger partial charge on any atom is -0.465 e. The van der Waals surface area contributed by atoms with E-state index in [1.807, 2.05) is 0 Å². The van der Waals surface area contributed by atoms with Crippen molar-refractivity contribution in [2.45, 2.75) is 18.4 Å². The summed E-state index contributed by atoms with van der Waals surface area (Å²) in [7, 11) is -2.05. The summed E-state index contributed by atoms with van der Waals surface area (Å²) < 4.78 is 31.0. The van der Waals surface area contributed by atoms with Crippen molar-refractivity contribution < 1.29 is 22.7 Å². The van der Waals surface area contributed by atoms with Crippen LogP contribution in [-0.4, -0.2) is 37.7 Å². The van der Waals surface area contributed by atoms with Crippen molar-refractivity contribution >= 4 is 43.3 Å². The van der Waals surface area contributed by atoms with Crippen LogP contribution in [0.4, 0.5) is 0 Å². The Kier molecular flexibility index (Phi) is 6.20. The monoisotopic (exact) mass is 442 g/mol. The molecular formula is C21H18N2O5S2. The van der Waals surface area contributed by atoms with Crippen LogP contribution in [0.3, 0.4) is 0 Å². The number of carbonyl (C=O) groups excluding carboxylic acids is 2. The molecule has 1 amide bonds. The van der Waals surface area contributed by atoms with Crippen molar-refractivity contribution in [2.75, 3.05) is 12.9 Å². The molecule has 0 saturated heterocycles. The summed E-state index contributed by atoms with van der Waals surface area (Å²) in [6.45, 7) is 1.75. The van der Waals surface area contributed by atoms with Gasteiger partial charge in [0.25, 0.3) is 5.91 Å². The van der Waals surface area contributed by atoms with Crippen LogP contribution < -0.4 is 4.80 Å². The molecule has 3 aromatic rings. The number of sulfone groups is 1. The van der Waals surface area contributed by atoms with Crippen molar-refractivity contribution in [1.29, 1.82) is 0 Å². The molecule has 0 fully saturated rings. The van der Waals surface area contributed by atoms with Crippen LogP contribution in [0.25, 0.3) is 10.2 Å². The van der Waals surface area contributed by atoms with Gasteiger partial charge in [-0.05, 0) is 42.5 Å². The lowest BCUT2D eigenvalue weighted by atomic mass is 10.2. The second-order valence-electron chi connectivity index (χ2n) is 6.19. The normalized spacial score (nSPS) is 12.0. The van der Waals surface area contributed by atoms with E-state index in [0.29, 0.717) is 10.4 Å². The van der Waals surface area contributed by atoms with Gasteiger partial charge in [-0.25, -0.2) is 13.2 Å². The number of methoxy groups -OCH3 is 1. The fraction of sp³-hybridized carbons (Fsp3) is 0.190. The number of hydrogen-bond acceptors (Lipinski definition) is 6. The number of esters is 1. The van der Waals surface area contributed by atoms with E-state index in [0.717, 1.165) is 10.2 Å². The molecule has 2 aromatic carbocycles. The van der Waals surface area contributed by atoms with Gasteiger partial charge in [-0.1, -0.05) is 24.2 Å². The highest BCUT2D eigenvalue weighted by atomic mass is 32.2. The average molecular weight is 443 g/mol. The molecule has 30 heavy (non-hydrogen) atoms. The lowest BCUT2D eigenvalue weighted by molar-refractivity contribution is 0.0600. The average Bonchev–Trinajstić information content (AvgIpc) is 3.09. The molecule has 3 rings (SSSR count). The third-order valence-corrected chi connectivity index (χ3v) is 7.18. The zero-order chi connectivity index (χ0) is 21.9. The largest absolute Gasteiger partial charge is 0.465 e. The molecule has 154 valence electrons. The Labute approximate surface area is 177 Å². The van der Waals surface area contributed by atoms with Crippen LogP contribution in [0.15, 0.2) is 52.4 Å². The Morgan fingerprint density at radius 3 is 2.43 bits per heavy atom. The Morgan fingerprint density at radius 2 is 1.83 bits per heavy atom. The third kappa shape index (κ3) is 4.20.